The quantitative estimate of drug-likeness (QED) is 0.174. The Hall–Kier alpha value is -5.03. The van der Waals surface area contributed by atoms with E-state index < -0.39 is 11.7 Å². The average Bonchev–Trinajstić information content (AvgIpc) is 3.64. The Bertz CT molecular complexity index is 1790. The number of benzene rings is 1. The van der Waals surface area contributed by atoms with Crippen molar-refractivity contribution in [3.63, 3.8) is 0 Å². The first kappa shape index (κ1) is 31.4. The van der Waals surface area contributed by atoms with Gasteiger partial charge in [0.15, 0.2) is 5.76 Å². The number of hydrogen-bond acceptors (Lipinski definition) is 8. The van der Waals surface area contributed by atoms with E-state index in [2.05, 4.69) is 55.4 Å². The van der Waals surface area contributed by atoms with Crippen LogP contribution in [0.4, 0.5) is 24.8 Å². The van der Waals surface area contributed by atoms with Gasteiger partial charge in [-0.05, 0) is 86.8 Å². The van der Waals surface area contributed by atoms with Gasteiger partial charge in [-0.2, -0.15) is 13.2 Å². The number of pyridine rings is 1. The molecule has 0 radical (unpaired) electrons. The number of anilines is 2. The van der Waals surface area contributed by atoms with Gasteiger partial charge in [0, 0.05) is 53.2 Å². The number of rotatable bonds is 10. The Morgan fingerprint density at radius 1 is 1.07 bits per heavy atom. The van der Waals surface area contributed by atoms with Crippen LogP contribution < -0.4 is 10.6 Å². The molecule has 8 nitrogen and oxygen atoms in total. The zero-order valence-corrected chi connectivity index (χ0v) is 25.4. The van der Waals surface area contributed by atoms with Gasteiger partial charge in [0.25, 0.3) is 0 Å². The molecular formula is C34H34F3N7O. The summed E-state index contributed by atoms with van der Waals surface area (Å²) in [5, 5.41) is 9.81. The summed E-state index contributed by atoms with van der Waals surface area (Å²) in [7, 11) is 1.97. The maximum absolute atomic E-state index is 14.1. The van der Waals surface area contributed by atoms with Crippen LogP contribution in [0.2, 0.25) is 0 Å². The molecule has 0 spiro atoms. The highest BCUT2D eigenvalue weighted by Crippen LogP contribution is 2.39. The predicted octanol–water partition coefficient (Wildman–Crippen LogP) is 7.99. The number of nitrogens with zero attached hydrogens (tertiary/aromatic N) is 5. The van der Waals surface area contributed by atoms with Crippen LogP contribution >= 0.6 is 0 Å². The van der Waals surface area contributed by atoms with Crippen molar-refractivity contribution < 1.29 is 17.7 Å². The standard InChI is InChI=1S/C34H34F3N7O/c1-20(2)31(43-33-39-11-9-29(42-33)26-14-27(18-38-17-26)32-22(4)16-40-45-32)13-21(3)23(5)41-30-8-7-24(15-28(30)34(35,36)37)25-10-12-44(6)19-25/h7-9,11,13-18,25,41H,1,3,5,10,12,19H2,2,4,6H3,(H,39,42,43)/b31-13+. The SMILES string of the molecule is C=C(/C=C(/Nc1nccc(-c2cncc(-c3oncc3C)c2)n1)C(=C)C)C(=C)Nc1ccc(C2CCN(C)C2)cc1C(F)(F)F. The molecule has 4 aromatic rings. The molecule has 5 rings (SSSR count). The van der Waals surface area contributed by atoms with Crippen molar-refractivity contribution in [2.24, 2.45) is 0 Å². The van der Waals surface area contributed by atoms with Gasteiger partial charge < -0.3 is 20.1 Å². The van der Waals surface area contributed by atoms with Crippen LogP contribution in [-0.2, 0) is 6.18 Å². The van der Waals surface area contributed by atoms with Crippen molar-refractivity contribution >= 4 is 11.6 Å². The monoisotopic (exact) mass is 613 g/mol. The molecule has 1 atom stereocenters. The zero-order valence-electron chi connectivity index (χ0n) is 25.4. The lowest BCUT2D eigenvalue weighted by molar-refractivity contribution is -0.137. The number of alkyl halides is 3. The number of hydrogen-bond donors (Lipinski definition) is 2. The Morgan fingerprint density at radius 2 is 1.84 bits per heavy atom. The van der Waals surface area contributed by atoms with E-state index in [9.17, 15) is 13.2 Å². The normalized spacial score (nSPS) is 15.6. The summed E-state index contributed by atoms with van der Waals surface area (Å²) in [4.78, 5) is 15.4. The first-order valence-electron chi connectivity index (χ1n) is 14.3. The number of likely N-dealkylation sites (N-methyl/N-ethyl adjacent to an activating group) is 1. The summed E-state index contributed by atoms with van der Waals surface area (Å²) < 4.78 is 47.7. The molecule has 4 heterocycles. The van der Waals surface area contributed by atoms with Gasteiger partial charge >= 0.3 is 6.18 Å². The summed E-state index contributed by atoms with van der Waals surface area (Å²) >= 11 is 0. The van der Waals surface area contributed by atoms with Gasteiger partial charge in [0.2, 0.25) is 5.95 Å². The number of likely N-dealkylation sites (tertiary alicyclic amines) is 1. The number of aryl methyl sites for hydroxylation is 1. The third-order valence-corrected chi connectivity index (χ3v) is 7.61. The molecular weight excluding hydrogens is 579 g/mol. The van der Waals surface area contributed by atoms with Gasteiger partial charge in [0.05, 0.1) is 23.1 Å². The lowest BCUT2D eigenvalue weighted by atomic mass is 9.95. The van der Waals surface area contributed by atoms with Crippen molar-refractivity contribution in [3.8, 4) is 22.6 Å². The second-order valence-corrected chi connectivity index (χ2v) is 11.2. The summed E-state index contributed by atoms with van der Waals surface area (Å²) in [6, 6.07) is 8.09. The summed E-state index contributed by atoms with van der Waals surface area (Å²) in [5.74, 6) is 0.965. The van der Waals surface area contributed by atoms with E-state index in [1.54, 1.807) is 49.9 Å². The molecule has 0 amide bonds. The maximum atomic E-state index is 14.1. The van der Waals surface area contributed by atoms with Crippen LogP contribution in [0.1, 0.15) is 36.0 Å². The number of nitrogens with one attached hydrogen (secondary N) is 2. The first-order chi connectivity index (χ1) is 21.4. The highest BCUT2D eigenvalue weighted by atomic mass is 19.4. The van der Waals surface area contributed by atoms with Crippen LogP contribution in [0, 0.1) is 6.92 Å². The molecule has 45 heavy (non-hydrogen) atoms. The predicted molar refractivity (Wildman–Crippen MR) is 170 cm³/mol. The van der Waals surface area contributed by atoms with Crippen molar-refractivity contribution in [3.05, 3.63) is 120 Å². The van der Waals surface area contributed by atoms with Crippen LogP contribution in [0.25, 0.3) is 22.6 Å². The Kier molecular flexibility index (Phi) is 9.01. The van der Waals surface area contributed by atoms with E-state index in [-0.39, 0.29) is 23.3 Å². The molecule has 1 aliphatic heterocycles. The fourth-order valence-electron chi connectivity index (χ4n) is 5.11. The van der Waals surface area contributed by atoms with Gasteiger partial charge in [-0.15, -0.1) is 0 Å². The molecule has 1 aromatic carbocycles. The van der Waals surface area contributed by atoms with Gasteiger partial charge in [-0.25, -0.2) is 9.97 Å². The number of allylic oxidation sites excluding steroid dienone is 2. The van der Waals surface area contributed by atoms with E-state index >= 15 is 0 Å². The van der Waals surface area contributed by atoms with Crippen molar-refractivity contribution in [1.29, 1.82) is 0 Å². The minimum absolute atomic E-state index is 0.0638. The maximum Gasteiger partial charge on any atom is 0.418 e. The topological polar surface area (TPSA) is 92.0 Å². The van der Waals surface area contributed by atoms with Crippen molar-refractivity contribution in [1.82, 2.24) is 25.0 Å². The smallest absolute Gasteiger partial charge is 0.356 e. The molecule has 3 aromatic heterocycles. The molecule has 11 heteroatoms. The van der Waals surface area contributed by atoms with Crippen LogP contribution in [0.15, 0.2) is 108 Å². The molecule has 1 unspecified atom stereocenters. The summed E-state index contributed by atoms with van der Waals surface area (Å²) in [6.07, 6.45) is 4.53. The van der Waals surface area contributed by atoms with E-state index in [1.165, 1.54) is 12.1 Å². The minimum atomic E-state index is -4.55. The second kappa shape index (κ2) is 12.9. The Morgan fingerprint density at radius 3 is 2.51 bits per heavy atom. The highest BCUT2D eigenvalue weighted by molar-refractivity contribution is 5.69. The molecule has 2 N–H and O–H groups in total. The molecule has 232 valence electrons. The van der Waals surface area contributed by atoms with Crippen molar-refractivity contribution in [2.75, 3.05) is 30.8 Å². The second-order valence-electron chi connectivity index (χ2n) is 11.2. The zero-order chi connectivity index (χ0) is 32.3. The van der Waals surface area contributed by atoms with E-state index in [0.29, 0.717) is 33.9 Å². The lowest BCUT2D eigenvalue weighted by Gasteiger charge is -2.20. The van der Waals surface area contributed by atoms with E-state index in [1.807, 2.05) is 20.0 Å². The third-order valence-electron chi connectivity index (χ3n) is 7.61. The average molecular weight is 614 g/mol. The van der Waals surface area contributed by atoms with Gasteiger partial charge in [-0.3, -0.25) is 4.98 Å². The third kappa shape index (κ3) is 7.38. The fourth-order valence-corrected chi connectivity index (χ4v) is 5.11. The van der Waals surface area contributed by atoms with E-state index in [0.717, 1.165) is 36.2 Å². The Labute approximate surface area is 260 Å². The lowest BCUT2D eigenvalue weighted by Crippen LogP contribution is -2.15. The molecule has 0 saturated carbocycles. The molecule has 0 aliphatic carbocycles. The number of aromatic nitrogens is 4. The van der Waals surface area contributed by atoms with Crippen molar-refractivity contribution in [2.45, 2.75) is 32.4 Å². The fraction of sp³-hybridized carbons (Fsp3) is 0.235. The Balaban J connectivity index is 1.34. The summed E-state index contributed by atoms with van der Waals surface area (Å²) in [5.41, 5.74) is 4.53. The number of halogens is 3. The molecule has 1 saturated heterocycles. The molecule has 1 fully saturated rings. The molecule has 0 bridgehead atoms. The largest absolute Gasteiger partial charge is 0.418 e. The van der Waals surface area contributed by atoms with Gasteiger partial charge in [0.1, 0.15) is 0 Å². The van der Waals surface area contributed by atoms with Gasteiger partial charge in [-0.1, -0.05) is 31.0 Å². The molecule has 1 aliphatic rings. The highest BCUT2D eigenvalue weighted by Gasteiger charge is 2.35. The first-order valence-corrected chi connectivity index (χ1v) is 14.3. The van der Waals surface area contributed by atoms with E-state index in [4.69, 9.17) is 4.52 Å². The van der Waals surface area contributed by atoms with Crippen LogP contribution in [-0.4, -0.2) is 45.1 Å². The minimum Gasteiger partial charge on any atom is -0.356 e. The summed E-state index contributed by atoms with van der Waals surface area (Å²) in [6.45, 7) is 17.3. The van der Waals surface area contributed by atoms with Crippen LogP contribution in [0.5, 0.6) is 0 Å². The van der Waals surface area contributed by atoms with Crippen LogP contribution in [0.3, 0.4) is 0 Å².